The van der Waals surface area contributed by atoms with Gasteiger partial charge in [0.2, 0.25) is 0 Å². The van der Waals surface area contributed by atoms with Crippen molar-refractivity contribution in [2.75, 3.05) is 6.61 Å². The molecule has 0 radical (unpaired) electrons. The van der Waals surface area contributed by atoms with Crippen LogP contribution in [0, 0.1) is 0 Å². The van der Waals surface area contributed by atoms with Gasteiger partial charge in [0, 0.05) is 0 Å². The van der Waals surface area contributed by atoms with E-state index < -0.39 is 10.1 Å². The van der Waals surface area contributed by atoms with Gasteiger partial charge < -0.3 is 4.74 Å². The predicted molar refractivity (Wildman–Crippen MR) is 97.1 cm³/mol. The summed E-state index contributed by atoms with van der Waals surface area (Å²) in [7, 11) is -3.88. The van der Waals surface area contributed by atoms with Gasteiger partial charge in [-0.15, -0.1) is 0 Å². The second-order valence-electron chi connectivity index (χ2n) is 6.16. The maximum absolute atomic E-state index is 12.4. The quantitative estimate of drug-likeness (QED) is 0.783. The third-order valence-electron chi connectivity index (χ3n) is 4.43. The molecular formula is C19H17NO4S. The van der Waals surface area contributed by atoms with Gasteiger partial charge in [-0.2, -0.15) is 8.42 Å². The Kier molecular flexibility index (Phi) is 3.84. The third-order valence-corrected chi connectivity index (χ3v) is 5.68. The zero-order chi connectivity index (χ0) is 17.4. The van der Waals surface area contributed by atoms with E-state index >= 15 is 0 Å². The van der Waals surface area contributed by atoms with Crippen LogP contribution in [0.3, 0.4) is 0 Å². The summed E-state index contributed by atoms with van der Waals surface area (Å²) < 4.78 is 35.3. The van der Waals surface area contributed by atoms with Crippen molar-refractivity contribution in [1.82, 2.24) is 0 Å². The number of fused-ring (bicyclic) bond motifs is 3. The molecule has 25 heavy (non-hydrogen) atoms. The minimum Gasteiger partial charge on any atom is -0.486 e. The topological polar surface area (TPSA) is 65.0 Å². The second-order valence-corrected chi connectivity index (χ2v) is 7.74. The predicted octanol–water partition coefficient (Wildman–Crippen LogP) is 3.91. The Labute approximate surface area is 146 Å². The lowest BCUT2D eigenvalue weighted by atomic mass is 10.0. The van der Waals surface area contributed by atoms with Crippen LogP contribution in [-0.4, -0.2) is 20.7 Å². The van der Waals surface area contributed by atoms with Gasteiger partial charge >= 0.3 is 10.1 Å². The molecule has 2 aromatic carbocycles. The molecule has 6 heteroatoms. The number of oxime groups is 1. The molecular weight excluding hydrogens is 338 g/mol. The number of allylic oxidation sites excluding steroid dienone is 4. The fraction of sp³-hybridized carbons (Fsp3) is 0.211. The minimum absolute atomic E-state index is 0.191. The molecule has 5 nitrogen and oxygen atoms in total. The Morgan fingerprint density at radius 2 is 1.92 bits per heavy atom. The van der Waals surface area contributed by atoms with Crippen molar-refractivity contribution < 1.29 is 17.4 Å². The molecule has 1 aliphatic heterocycles. The lowest BCUT2D eigenvalue weighted by Gasteiger charge is -2.11. The Hall–Kier alpha value is -2.60. The van der Waals surface area contributed by atoms with Crippen LogP contribution in [-0.2, 0) is 14.4 Å². The van der Waals surface area contributed by atoms with Crippen LogP contribution in [0.5, 0.6) is 5.75 Å². The van der Waals surface area contributed by atoms with Crippen molar-refractivity contribution in [2.45, 2.75) is 19.8 Å². The summed E-state index contributed by atoms with van der Waals surface area (Å²) in [5.74, 6) is 0.689. The van der Waals surface area contributed by atoms with Gasteiger partial charge in [0.1, 0.15) is 18.1 Å². The van der Waals surface area contributed by atoms with Crippen LogP contribution in [0.25, 0.3) is 10.8 Å². The molecule has 0 saturated heterocycles. The maximum Gasteiger partial charge on any atom is 0.354 e. The highest BCUT2D eigenvalue weighted by Gasteiger charge is 2.25. The largest absolute Gasteiger partial charge is 0.486 e. The molecule has 1 heterocycles. The normalized spacial score (nSPS) is 18.5. The number of benzene rings is 2. The smallest absolute Gasteiger partial charge is 0.354 e. The fourth-order valence-corrected chi connectivity index (χ4v) is 3.90. The van der Waals surface area contributed by atoms with Crippen molar-refractivity contribution in [1.29, 1.82) is 0 Å². The molecule has 2 aliphatic rings. The van der Waals surface area contributed by atoms with Crippen LogP contribution in [0.2, 0.25) is 0 Å². The number of hydrogen-bond donors (Lipinski definition) is 0. The van der Waals surface area contributed by atoms with Gasteiger partial charge in [0.25, 0.3) is 0 Å². The van der Waals surface area contributed by atoms with E-state index in [9.17, 15) is 8.42 Å². The molecule has 0 saturated carbocycles. The van der Waals surface area contributed by atoms with Crippen molar-refractivity contribution in [3.8, 4) is 5.75 Å². The highest BCUT2D eigenvalue weighted by molar-refractivity contribution is 7.90. The van der Waals surface area contributed by atoms with Gasteiger partial charge in [-0.3, -0.25) is 4.28 Å². The summed E-state index contributed by atoms with van der Waals surface area (Å²) in [5.41, 5.74) is 2.43. The van der Waals surface area contributed by atoms with E-state index in [1.165, 1.54) is 0 Å². The molecule has 4 rings (SSSR count). The highest BCUT2D eigenvalue weighted by Crippen LogP contribution is 2.33. The molecule has 0 spiro atoms. The summed E-state index contributed by atoms with van der Waals surface area (Å²) in [5, 5.41) is 5.93. The molecule has 1 aliphatic carbocycles. The SMILES string of the molecule is CC1=CC=C(S(=O)(=O)O/N=C2\COc3ccc4ccccc4c32)CC1. The summed E-state index contributed by atoms with van der Waals surface area (Å²) in [6.45, 7) is 2.16. The maximum atomic E-state index is 12.4. The zero-order valence-electron chi connectivity index (χ0n) is 13.7. The van der Waals surface area contributed by atoms with Crippen LogP contribution in [0.15, 0.2) is 64.2 Å². The van der Waals surface area contributed by atoms with Gasteiger partial charge in [-0.25, -0.2) is 0 Å². The summed E-state index contributed by atoms with van der Waals surface area (Å²) >= 11 is 0. The molecule has 0 fully saturated rings. The van der Waals surface area contributed by atoms with Crippen LogP contribution in [0.4, 0.5) is 0 Å². The van der Waals surface area contributed by atoms with Crippen LogP contribution < -0.4 is 4.74 Å². The number of hydrogen-bond acceptors (Lipinski definition) is 5. The van der Waals surface area contributed by atoms with Crippen molar-refractivity contribution in [3.05, 3.63) is 64.6 Å². The fourth-order valence-electron chi connectivity index (χ4n) is 3.03. The lowest BCUT2D eigenvalue weighted by Crippen LogP contribution is -2.11. The van der Waals surface area contributed by atoms with E-state index in [0.29, 0.717) is 24.3 Å². The monoisotopic (exact) mass is 355 g/mol. The average molecular weight is 355 g/mol. The van der Waals surface area contributed by atoms with Gasteiger partial charge in [0.15, 0.2) is 0 Å². The van der Waals surface area contributed by atoms with Crippen molar-refractivity contribution in [3.63, 3.8) is 0 Å². The van der Waals surface area contributed by atoms with E-state index in [1.807, 2.05) is 43.3 Å². The van der Waals surface area contributed by atoms with Gasteiger partial charge in [-0.05, 0) is 42.7 Å². The van der Waals surface area contributed by atoms with Crippen LogP contribution >= 0.6 is 0 Å². The number of rotatable bonds is 3. The minimum atomic E-state index is -3.88. The Balaban J connectivity index is 1.68. The number of ether oxygens (including phenoxy) is 1. The van der Waals surface area contributed by atoms with Crippen molar-refractivity contribution in [2.24, 2.45) is 5.16 Å². The van der Waals surface area contributed by atoms with E-state index in [2.05, 4.69) is 5.16 Å². The van der Waals surface area contributed by atoms with Crippen molar-refractivity contribution >= 4 is 26.6 Å². The Bertz CT molecular complexity index is 1050. The molecule has 0 unspecified atom stereocenters. The highest BCUT2D eigenvalue weighted by atomic mass is 32.2. The molecule has 0 aromatic heterocycles. The average Bonchev–Trinajstić information content (AvgIpc) is 3.04. The molecule has 0 amide bonds. The van der Waals surface area contributed by atoms with E-state index in [1.54, 1.807) is 12.2 Å². The van der Waals surface area contributed by atoms with E-state index in [0.717, 1.165) is 21.9 Å². The first-order chi connectivity index (χ1) is 12.0. The first-order valence-corrected chi connectivity index (χ1v) is 9.47. The first-order valence-electron chi connectivity index (χ1n) is 8.06. The summed E-state index contributed by atoms with van der Waals surface area (Å²) in [4.78, 5) is 0.250. The summed E-state index contributed by atoms with van der Waals surface area (Å²) in [6, 6.07) is 11.7. The lowest BCUT2D eigenvalue weighted by molar-refractivity contribution is 0.336. The molecule has 0 bridgehead atoms. The zero-order valence-corrected chi connectivity index (χ0v) is 14.5. The molecule has 2 aromatic rings. The third kappa shape index (κ3) is 2.93. The van der Waals surface area contributed by atoms with Gasteiger partial charge in [0.05, 0.1) is 10.5 Å². The molecule has 0 atom stereocenters. The number of nitrogens with zero attached hydrogens (tertiary/aromatic N) is 1. The van der Waals surface area contributed by atoms with Crippen LogP contribution in [0.1, 0.15) is 25.3 Å². The van der Waals surface area contributed by atoms with E-state index in [4.69, 9.17) is 9.02 Å². The second kappa shape index (κ2) is 6.04. The van der Waals surface area contributed by atoms with Gasteiger partial charge in [-0.1, -0.05) is 47.1 Å². The summed E-state index contributed by atoms with van der Waals surface area (Å²) in [6.07, 6.45) is 4.53. The van der Waals surface area contributed by atoms with E-state index in [-0.39, 0.29) is 11.5 Å². The Morgan fingerprint density at radius 1 is 1.08 bits per heavy atom. The Morgan fingerprint density at radius 3 is 2.72 bits per heavy atom. The molecule has 0 N–H and O–H groups in total. The standard InChI is InChI=1S/C19H17NO4S/c1-13-6-9-15(10-7-13)25(21,22)24-20-17-12-23-18-11-8-14-4-2-3-5-16(14)19(17)18/h2-6,8-9,11H,7,10,12H2,1H3/b20-17+. The molecule has 128 valence electrons. The first kappa shape index (κ1) is 15.9.